The molecule has 0 spiro atoms. The molecule has 0 saturated heterocycles. The maximum atomic E-state index is 8.71. The van der Waals surface area contributed by atoms with Gasteiger partial charge >= 0.3 is 0 Å². The number of hydrogen-bond acceptors (Lipinski definition) is 3. The minimum atomic E-state index is 0.489. The molecule has 1 aromatic carbocycles. The van der Waals surface area contributed by atoms with E-state index in [9.17, 15) is 0 Å². The van der Waals surface area contributed by atoms with Gasteiger partial charge in [0, 0.05) is 18.1 Å². The second-order valence-corrected chi connectivity index (χ2v) is 3.96. The summed E-state index contributed by atoms with van der Waals surface area (Å²) < 4.78 is 0.877. The Balaban J connectivity index is 2.87. The molecule has 15 heavy (non-hydrogen) atoms. The maximum absolute atomic E-state index is 8.71. The molecule has 1 rings (SSSR count). The highest BCUT2D eigenvalue weighted by atomic mass is 79.9. The number of hydrogen-bond donors (Lipinski definition) is 0. The molecule has 0 bridgehead atoms. The van der Waals surface area contributed by atoms with E-state index in [1.54, 1.807) is 12.1 Å². The van der Waals surface area contributed by atoms with Gasteiger partial charge < -0.3 is 4.90 Å². The lowest BCUT2D eigenvalue weighted by atomic mass is 10.2. The SMILES string of the molecule is CN(CCC#N)c1ccc(C#N)cc1Br. The van der Waals surface area contributed by atoms with Gasteiger partial charge in [-0.1, -0.05) is 0 Å². The highest BCUT2D eigenvalue weighted by Gasteiger charge is 2.05. The molecule has 0 heterocycles. The van der Waals surface area contributed by atoms with Crippen molar-refractivity contribution >= 4 is 21.6 Å². The van der Waals surface area contributed by atoms with E-state index in [0.717, 1.165) is 10.2 Å². The first-order valence-electron chi connectivity index (χ1n) is 4.46. The van der Waals surface area contributed by atoms with Gasteiger partial charge in [0.2, 0.25) is 0 Å². The molecule has 0 amide bonds. The third kappa shape index (κ3) is 2.97. The third-order valence-corrected chi connectivity index (χ3v) is 2.68. The van der Waals surface area contributed by atoms with Gasteiger partial charge in [-0.2, -0.15) is 10.5 Å². The fourth-order valence-corrected chi connectivity index (χ4v) is 1.91. The van der Waals surface area contributed by atoms with Crippen molar-refractivity contribution in [3.05, 3.63) is 28.2 Å². The first kappa shape index (κ1) is 11.6. The minimum Gasteiger partial charge on any atom is -0.373 e. The molecule has 0 aliphatic heterocycles. The molecule has 0 aromatic heterocycles. The summed E-state index contributed by atoms with van der Waals surface area (Å²) in [6.07, 6.45) is 0.489. The van der Waals surface area contributed by atoms with E-state index >= 15 is 0 Å². The Bertz CT molecular complexity index is 428. The van der Waals surface area contributed by atoms with E-state index in [0.29, 0.717) is 18.5 Å². The molecular formula is C11H10BrN3. The fraction of sp³-hybridized carbons (Fsp3) is 0.273. The van der Waals surface area contributed by atoms with E-state index in [4.69, 9.17) is 10.5 Å². The second-order valence-electron chi connectivity index (χ2n) is 3.11. The quantitative estimate of drug-likeness (QED) is 0.843. The Morgan fingerprint density at radius 1 is 1.40 bits per heavy atom. The van der Waals surface area contributed by atoms with E-state index in [-0.39, 0.29) is 0 Å². The second kappa shape index (κ2) is 5.38. The van der Waals surface area contributed by atoms with Crippen molar-refractivity contribution in [3.63, 3.8) is 0 Å². The molecule has 0 aliphatic rings. The average molecular weight is 264 g/mol. The van der Waals surface area contributed by atoms with E-state index in [1.165, 1.54) is 0 Å². The van der Waals surface area contributed by atoms with Gasteiger partial charge in [-0.15, -0.1) is 0 Å². The van der Waals surface area contributed by atoms with Gasteiger partial charge in [-0.25, -0.2) is 0 Å². The van der Waals surface area contributed by atoms with Crippen LogP contribution < -0.4 is 4.90 Å². The molecule has 0 aliphatic carbocycles. The van der Waals surface area contributed by atoms with Crippen LogP contribution in [0.1, 0.15) is 12.0 Å². The van der Waals surface area contributed by atoms with Crippen LogP contribution in [0.4, 0.5) is 5.69 Å². The van der Waals surface area contributed by atoms with Crippen molar-refractivity contribution < 1.29 is 0 Å². The van der Waals surface area contributed by atoms with Gasteiger partial charge in [0.25, 0.3) is 0 Å². The number of anilines is 1. The number of rotatable bonds is 3. The minimum absolute atomic E-state index is 0.489. The topological polar surface area (TPSA) is 50.8 Å². The van der Waals surface area contributed by atoms with Crippen LogP contribution in [-0.4, -0.2) is 13.6 Å². The summed E-state index contributed by atoms with van der Waals surface area (Å²) in [7, 11) is 1.92. The molecule has 76 valence electrons. The summed E-state index contributed by atoms with van der Waals surface area (Å²) in [6, 6.07) is 9.60. The smallest absolute Gasteiger partial charge is 0.0992 e. The Labute approximate surface area is 97.7 Å². The van der Waals surface area contributed by atoms with Gasteiger partial charge in [-0.3, -0.25) is 0 Å². The fourth-order valence-electron chi connectivity index (χ4n) is 1.22. The van der Waals surface area contributed by atoms with Crippen LogP contribution in [-0.2, 0) is 0 Å². The first-order chi connectivity index (χ1) is 7.19. The number of halogens is 1. The maximum Gasteiger partial charge on any atom is 0.0992 e. The van der Waals surface area contributed by atoms with Gasteiger partial charge in [0.1, 0.15) is 0 Å². The van der Waals surface area contributed by atoms with Crippen LogP contribution in [0.25, 0.3) is 0 Å². The lowest BCUT2D eigenvalue weighted by molar-refractivity contribution is 0.903. The Morgan fingerprint density at radius 2 is 2.13 bits per heavy atom. The van der Waals surface area contributed by atoms with Crippen molar-refractivity contribution in [1.82, 2.24) is 0 Å². The predicted octanol–water partition coefficient (Wildman–Crippen LogP) is 2.67. The first-order valence-corrected chi connectivity index (χ1v) is 5.26. The zero-order chi connectivity index (χ0) is 11.3. The molecule has 3 nitrogen and oxygen atoms in total. The lowest BCUT2D eigenvalue weighted by Crippen LogP contribution is -2.18. The number of nitriles is 2. The van der Waals surface area contributed by atoms with Crippen LogP contribution in [0.2, 0.25) is 0 Å². The van der Waals surface area contributed by atoms with Crippen LogP contribution in [0.5, 0.6) is 0 Å². The average Bonchev–Trinajstić information content (AvgIpc) is 2.25. The highest BCUT2D eigenvalue weighted by Crippen LogP contribution is 2.26. The van der Waals surface area contributed by atoms with Crippen LogP contribution in [0.15, 0.2) is 22.7 Å². The van der Waals surface area contributed by atoms with Crippen LogP contribution in [0.3, 0.4) is 0 Å². The van der Waals surface area contributed by atoms with Crippen molar-refractivity contribution in [1.29, 1.82) is 10.5 Å². The van der Waals surface area contributed by atoms with Gasteiger partial charge in [-0.05, 0) is 34.1 Å². The monoisotopic (exact) mass is 263 g/mol. The Hall–Kier alpha value is -1.52. The van der Waals surface area contributed by atoms with E-state index in [2.05, 4.69) is 28.1 Å². The lowest BCUT2D eigenvalue weighted by Gasteiger charge is -2.19. The summed E-state index contributed by atoms with van der Waals surface area (Å²) in [5, 5.41) is 17.2. The molecule has 0 atom stereocenters. The van der Waals surface area contributed by atoms with Crippen LogP contribution >= 0.6 is 15.9 Å². The number of benzene rings is 1. The molecule has 0 fully saturated rings. The zero-order valence-corrected chi connectivity index (χ0v) is 9.95. The van der Waals surface area contributed by atoms with Crippen molar-refractivity contribution in [2.75, 3.05) is 18.5 Å². The summed E-state index contributed by atoms with van der Waals surface area (Å²) in [4.78, 5) is 1.98. The third-order valence-electron chi connectivity index (χ3n) is 2.05. The van der Waals surface area contributed by atoms with Gasteiger partial charge in [0.05, 0.1) is 29.8 Å². The number of nitrogens with zero attached hydrogens (tertiary/aromatic N) is 3. The normalized spacial score (nSPS) is 9.07. The highest BCUT2D eigenvalue weighted by molar-refractivity contribution is 9.10. The Morgan fingerprint density at radius 3 is 2.67 bits per heavy atom. The molecular weight excluding hydrogens is 254 g/mol. The summed E-state index contributed by atoms with van der Waals surface area (Å²) >= 11 is 3.40. The molecule has 0 N–H and O–H groups in total. The van der Waals surface area contributed by atoms with Crippen LogP contribution in [0, 0.1) is 22.7 Å². The van der Waals surface area contributed by atoms with Crippen molar-refractivity contribution in [3.8, 4) is 12.1 Å². The van der Waals surface area contributed by atoms with Gasteiger partial charge in [0.15, 0.2) is 0 Å². The largest absolute Gasteiger partial charge is 0.373 e. The molecule has 0 saturated carbocycles. The standard InChI is InChI=1S/C11H10BrN3/c1-15(6-2-5-13)11-4-3-9(8-14)7-10(11)12/h3-4,7H,2,6H2,1H3. The summed E-state index contributed by atoms with van der Waals surface area (Å²) in [5.74, 6) is 0. The summed E-state index contributed by atoms with van der Waals surface area (Å²) in [6.45, 7) is 0.682. The molecule has 4 heteroatoms. The Kier molecular flexibility index (Phi) is 4.15. The zero-order valence-electron chi connectivity index (χ0n) is 8.37. The summed E-state index contributed by atoms with van der Waals surface area (Å²) in [5.41, 5.74) is 1.61. The van der Waals surface area contributed by atoms with E-state index in [1.807, 2.05) is 18.0 Å². The van der Waals surface area contributed by atoms with Crippen molar-refractivity contribution in [2.24, 2.45) is 0 Å². The predicted molar refractivity (Wildman–Crippen MR) is 62.4 cm³/mol. The molecule has 0 unspecified atom stereocenters. The molecule has 1 aromatic rings. The van der Waals surface area contributed by atoms with E-state index < -0.39 is 0 Å². The molecule has 0 radical (unpaired) electrons. The van der Waals surface area contributed by atoms with Crippen molar-refractivity contribution in [2.45, 2.75) is 6.42 Å².